The van der Waals surface area contributed by atoms with Crippen LogP contribution in [0.15, 0.2) is 52.0 Å². The average molecular weight is 416 g/mol. The predicted molar refractivity (Wildman–Crippen MR) is 108 cm³/mol. The van der Waals surface area contributed by atoms with E-state index in [1.54, 1.807) is 6.21 Å². The third kappa shape index (κ3) is 4.64. The largest absolute Gasteiger partial charge is 0.493 e. The van der Waals surface area contributed by atoms with E-state index in [4.69, 9.17) is 4.74 Å². The number of hydrogen-bond donors (Lipinski definition) is 1. The highest BCUT2D eigenvalue weighted by Gasteiger charge is 2.13. The van der Waals surface area contributed by atoms with Crippen molar-refractivity contribution in [3.05, 3.63) is 58.1 Å². The Morgan fingerprint density at radius 3 is 2.65 bits per heavy atom. The van der Waals surface area contributed by atoms with Gasteiger partial charge in [0.05, 0.1) is 12.8 Å². The van der Waals surface area contributed by atoms with E-state index >= 15 is 0 Å². The molecule has 0 bridgehead atoms. The van der Waals surface area contributed by atoms with Crippen molar-refractivity contribution >= 4 is 33.7 Å². The second-order valence-corrected chi connectivity index (χ2v) is 6.97. The molecule has 2 aromatic carbocycles. The highest BCUT2D eigenvalue weighted by Crippen LogP contribution is 2.22. The van der Waals surface area contributed by atoms with E-state index < -0.39 is 0 Å². The van der Waals surface area contributed by atoms with E-state index in [-0.39, 0.29) is 5.91 Å². The zero-order chi connectivity index (χ0) is 18.4. The fourth-order valence-electron chi connectivity index (χ4n) is 2.93. The molecule has 136 valence electrons. The summed E-state index contributed by atoms with van der Waals surface area (Å²) in [5.74, 6) is 0.492. The normalized spacial score (nSPS) is 14.0. The second-order valence-electron chi connectivity index (χ2n) is 6.06. The lowest BCUT2D eigenvalue weighted by Crippen LogP contribution is -2.19. The monoisotopic (exact) mass is 415 g/mol. The topological polar surface area (TPSA) is 53.9 Å². The fraction of sp³-hybridized carbons (Fsp3) is 0.300. The van der Waals surface area contributed by atoms with E-state index in [0.29, 0.717) is 12.2 Å². The molecule has 0 spiro atoms. The number of halogens is 1. The number of anilines is 1. The molecule has 1 aliphatic rings. The Bertz CT molecular complexity index is 784. The zero-order valence-corrected chi connectivity index (χ0v) is 16.3. The molecule has 0 atom stereocenters. The molecule has 0 aromatic heterocycles. The van der Waals surface area contributed by atoms with E-state index in [0.717, 1.165) is 34.6 Å². The quantitative estimate of drug-likeness (QED) is 0.567. The Morgan fingerprint density at radius 2 is 1.96 bits per heavy atom. The first-order valence-electron chi connectivity index (χ1n) is 8.78. The Hall–Kier alpha value is -2.34. The number of benzene rings is 2. The van der Waals surface area contributed by atoms with Crippen molar-refractivity contribution in [2.45, 2.75) is 19.8 Å². The lowest BCUT2D eigenvalue weighted by Gasteiger charge is -2.17. The first kappa shape index (κ1) is 18.5. The van der Waals surface area contributed by atoms with Crippen LogP contribution in [-0.4, -0.2) is 31.8 Å². The van der Waals surface area contributed by atoms with E-state index in [9.17, 15) is 4.79 Å². The van der Waals surface area contributed by atoms with Crippen molar-refractivity contribution in [1.29, 1.82) is 0 Å². The maximum Gasteiger partial charge on any atom is 0.271 e. The van der Waals surface area contributed by atoms with Crippen LogP contribution in [0.2, 0.25) is 0 Å². The van der Waals surface area contributed by atoms with Gasteiger partial charge in [0.15, 0.2) is 0 Å². The van der Waals surface area contributed by atoms with Gasteiger partial charge in [0.1, 0.15) is 5.75 Å². The molecule has 26 heavy (non-hydrogen) atoms. The minimum Gasteiger partial charge on any atom is -0.493 e. The Morgan fingerprint density at radius 1 is 1.23 bits per heavy atom. The van der Waals surface area contributed by atoms with Gasteiger partial charge in [-0.2, -0.15) is 5.10 Å². The molecule has 0 unspecified atom stereocenters. The molecular formula is C20H22BrN3O2. The van der Waals surface area contributed by atoms with Gasteiger partial charge >= 0.3 is 0 Å². The van der Waals surface area contributed by atoms with Gasteiger partial charge in [0.2, 0.25) is 0 Å². The number of carbonyl (C=O) groups excluding carboxylic acids is 1. The van der Waals surface area contributed by atoms with Gasteiger partial charge in [-0.3, -0.25) is 4.79 Å². The maximum atomic E-state index is 12.3. The molecule has 1 fully saturated rings. The second kappa shape index (κ2) is 8.85. The van der Waals surface area contributed by atoms with E-state index in [1.165, 1.54) is 12.8 Å². The van der Waals surface area contributed by atoms with Gasteiger partial charge in [-0.25, -0.2) is 5.43 Å². The number of rotatable bonds is 6. The van der Waals surface area contributed by atoms with Gasteiger partial charge in [-0.05, 0) is 62.2 Å². The van der Waals surface area contributed by atoms with Crippen molar-refractivity contribution in [2.75, 3.05) is 24.6 Å². The molecular weight excluding hydrogens is 394 g/mol. The third-order valence-electron chi connectivity index (χ3n) is 4.24. The van der Waals surface area contributed by atoms with Crippen LogP contribution in [0, 0.1) is 0 Å². The minimum atomic E-state index is -0.234. The van der Waals surface area contributed by atoms with Crippen LogP contribution in [0.25, 0.3) is 0 Å². The summed E-state index contributed by atoms with van der Waals surface area (Å²) < 4.78 is 6.49. The van der Waals surface area contributed by atoms with Gasteiger partial charge < -0.3 is 9.64 Å². The van der Waals surface area contributed by atoms with Crippen LogP contribution in [0.1, 0.15) is 35.7 Å². The Kier molecular flexibility index (Phi) is 6.28. The first-order chi connectivity index (χ1) is 12.7. The highest BCUT2D eigenvalue weighted by atomic mass is 79.9. The average Bonchev–Trinajstić information content (AvgIpc) is 3.19. The number of carbonyl (C=O) groups is 1. The molecule has 5 nitrogen and oxygen atoms in total. The lowest BCUT2D eigenvalue weighted by atomic mass is 10.2. The first-order valence-corrected chi connectivity index (χ1v) is 9.57. The molecule has 1 aliphatic heterocycles. The van der Waals surface area contributed by atoms with Crippen LogP contribution in [-0.2, 0) is 0 Å². The maximum absolute atomic E-state index is 12.3. The van der Waals surface area contributed by atoms with E-state index in [1.807, 2.05) is 49.4 Å². The number of hydrogen-bond acceptors (Lipinski definition) is 4. The summed E-state index contributed by atoms with van der Waals surface area (Å²) in [6.07, 6.45) is 4.05. The molecule has 0 saturated carbocycles. The number of ether oxygens (including phenoxy) is 1. The molecule has 0 radical (unpaired) electrons. The molecule has 3 rings (SSSR count). The van der Waals surface area contributed by atoms with E-state index in [2.05, 4.69) is 31.4 Å². The molecule has 1 heterocycles. The molecule has 0 aliphatic carbocycles. The smallest absolute Gasteiger partial charge is 0.271 e. The van der Waals surface area contributed by atoms with Crippen molar-refractivity contribution in [3.8, 4) is 5.75 Å². The molecule has 1 amide bonds. The summed E-state index contributed by atoms with van der Waals surface area (Å²) in [4.78, 5) is 14.6. The summed E-state index contributed by atoms with van der Waals surface area (Å²) in [6, 6.07) is 13.3. The molecule has 2 aromatic rings. The number of nitrogens with one attached hydrogen (secondary N) is 1. The molecule has 1 N–H and O–H groups in total. The van der Waals surface area contributed by atoms with Crippen LogP contribution >= 0.6 is 15.9 Å². The van der Waals surface area contributed by atoms with Crippen molar-refractivity contribution in [2.24, 2.45) is 5.10 Å². The van der Waals surface area contributed by atoms with Crippen LogP contribution in [0.5, 0.6) is 5.75 Å². The van der Waals surface area contributed by atoms with Crippen LogP contribution in [0.4, 0.5) is 5.69 Å². The van der Waals surface area contributed by atoms with Crippen molar-refractivity contribution < 1.29 is 9.53 Å². The minimum absolute atomic E-state index is 0.234. The number of nitrogens with zero attached hydrogens (tertiary/aromatic N) is 2. The van der Waals surface area contributed by atoms with Gasteiger partial charge in [-0.1, -0.05) is 15.9 Å². The van der Waals surface area contributed by atoms with Gasteiger partial charge in [-0.15, -0.1) is 0 Å². The fourth-order valence-corrected chi connectivity index (χ4v) is 3.31. The molecule has 6 heteroatoms. The highest BCUT2D eigenvalue weighted by molar-refractivity contribution is 9.10. The van der Waals surface area contributed by atoms with Gasteiger partial charge in [0, 0.05) is 34.4 Å². The third-order valence-corrected chi connectivity index (χ3v) is 4.74. The van der Waals surface area contributed by atoms with Crippen molar-refractivity contribution in [3.63, 3.8) is 0 Å². The van der Waals surface area contributed by atoms with Crippen molar-refractivity contribution in [1.82, 2.24) is 5.43 Å². The standard InChI is InChI=1S/C20H22BrN3O2/c1-2-26-19-10-7-17(21)13-16(19)14-22-23-20(25)15-5-8-18(9-6-15)24-11-3-4-12-24/h5-10,13-14H,2-4,11-12H2,1H3,(H,23,25)/b22-14-. The predicted octanol–water partition coefficient (Wildman–Crippen LogP) is 4.21. The number of hydrazone groups is 1. The summed E-state index contributed by atoms with van der Waals surface area (Å²) in [5, 5.41) is 4.07. The SMILES string of the molecule is CCOc1ccc(Br)cc1/C=N\NC(=O)c1ccc(N2CCCC2)cc1. The zero-order valence-electron chi connectivity index (χ0n) is 14.7. The number of amides is 1. The Labute approximate surface area is 162 Å². The summed E-state index contributed by atoms with van der Waals surface area (Å²) in [6.45, 7) is 4.67. The van der Waals surface area contributed by atoms with Gasteiger partial charge in [0.25, 0.3) is 5.91 Å². The Balaban J connectivity index is 1.63. The molecule has 1 saturated heterocycles. The van der Waals surface area contributed by atoms with Crippen LogP contribution in [0.3, 0.4) is 0 Å². The summed E-state index contributed by atoms with van der Waals surface area (Å²) >= 11 is 3.43. The lowest BCUT2D eigenvalue weighted by molar-refractivity contribution is 0.0955. The van der Waals surface area contributed by atoms with Crippen LogP contribution < -0.4 is 15.1 Å². The summed E-state index contributed by atoms with van der Waals surface area (Å²) in [7, 11) is 0. The summed E-state index contributed by atoms with van der Waals surface area (Å²) in [5.41, 5.74) is 5.12.